The van der Waals surface area contributed by atoms with E-state index in [0.717, 1.165) is 6.67 Å². The van der Waals surface area contributed by atoms with Gasteiger partial charge in [-0.1, -0.05) is 72.8 Å². The molecule has 0 unspecified atom stereocenters. The molecule has 0 N–H and O–H groups in total. The van der Waals surface area contributed by atoms with E-state index >= 15 is 0 Å². The topological polar surface area (TPSA) is 6.48 Å². The lowest BCUT2D eigenvalue weighted by Gasteiger charge is -2.20. The monoisotopic (exact) mass is 326 g/mol. The number of hydrogen-bond acceptors (Lipinski definition) is 2. The van der Waals surface area contributed by atoms with Gasteiger partial charge in [0.15, 0.2) is 0 Å². The Morgan fingerprint density at radius 3 is 1.80 bits per heavy atom. The fourth-order valence-corrected chi connectivity index (χ4v) is 3.56. The molecule has 124 valence electrons. The van der Waals surface area contributed by atoms with E-state index in [1.54, 1.807) is 0 Å². The summed E-state index contributed by atoms with van der Waals surface area (Å²) in [6, 6.07) is 30.0. The van der Waals surface area contributed by atoms with Crippen LogP contribution in [0.4, 0.5) is 5.69 Å². The summed E-state index contributed by atoms with van der Waals surface area (Å²) in [6.07, 6.45) is 0. The zero-order valence-electron chi connectivity index (χ0n) is 14.7. The van der Waals surface area contributed by atoms with E-state index in [9.17, 15) is 0 Å². The first-order chi connectivity index (χ1) is 12.2. The van der Waals surface area contributed by atoms with Gasteiger partial charge in [-0.05, 0) is 35.7 Å². The van der Waals surface area contributed by atoms with Crippen molar-refractivity contribution in [3.63, 3.8) is 0 Å². The standard InChI is InChI=1S/C23H22N2/c1-18-23(24(2)17-25(18)22-11-7-4-8-12-22)21-15-13-20(14-16-21)19-9-5-3-6-10-19/h3-16H,17H2,1-2H3. The van der Waals surface area contributed by atoms with Gasteiger partial charge in [-0.15, -0.1) is 0 Å². The SMILES string of the molecule is CC1=C(c2ccc(-c3ccccc3)cc2)N(C)CN1c1ccccc1. The molecule has 0 radical (unpaired) electrons. The molecule has 0 saturated heterocycles. The predicted molar refractivity (Wildman–Crippen MR) is 106 cm³/mol. The van der Waals surface area contributed by atoms with Crippen LogP contribution < -0.4 is 4.90 Å². The average Bonchev–Trinajstić information content (AvgIpc) is 2.98. The summed E-state index contributed by atoms with van der Waals surface area (Å²) in [4.78, 5) is 4.68. The van der Waals surface area contributed by atoms with E-state index in [1.165, 1.54) is 33.8 Å². The summed E-state index contributed by atoms with van der Waals surface area (Å²) >= 11 is 0. The maximum Gasteiger partial charge on any atom is 0.0947 e. The van der Waals surface area contributed by atoms with Crippen LogP contribution in [0.15, 0.2) is 90.6 Å². The number of anilines is 1. The van der Waals surface area contributed by atoms with E-state index in [4.69, 9.17) is 0 Å². The van der Waals surface area contributed by atoms with Crippen LogP contribution in [0.2, 0.25) is 0 Å². The number of hydrogen-bond donors (Lipinski definition) is 0. The highest BCUT2D eigenvalue weighted by atomic mass is 15.4. The van der Waals surface area contributed by atoms with Crippen LogP contribution >= 0.6 is 0 Å². The molecule has 3 aromatic carbocycles. The Morgan fingerprint density at radius 2 is 1.16 bits per heavy atom. The Bertz CT molecular complexity index is 880. The van der Waals surface area contributed by atoms with Crippen LogP contribution in [0, 0.1) is 0 Å². The van der Waals surface area contributed by atoms with Crippen LogP contribution in [-0.2, 0) is 0 Å². The molecule has 0 aromatic heterocycles. The van der Waals surface area contributed by atoms with Crippen molar-refractivity contribution in [1.82, 2.24) is 4.90 Å². The van der Waals surface area contributed by atoms with E-state index < -0.39 is 0 Å². The van der Waals surface area contributed by atoms with Crippen LogP contribution in [0.5, 0.6) is 0 Å². The number of allylic oxidation sites excluding steroid dienone is 1. The quantitative estimate of drug-likeness (QED) is 0.631. The molecule has 0 aliphatic carbocycles. The average molecular weight is 326 g/mol. The third-order valence-corrected chi connectivity index (χ3v) is 4.82. The molecule has 0 amide bonds. The number of benzene rings is 3. The normalized spacial score (nSPS) is 14.3. The molecule has 0 bridgehead atoms. The second-order valence-electron chi connectivity index (χ2n) is 6.48. The fourth-order valence-electron chi connectivity index (χ4n) is 3.56. The summed E-state index contributed by atoms with van der Waals surface area (Å²) in [5.41, 5.74) is 7.60. The lowest BCUT2D eigenvalue weighted by Crippen LogP contribution is -2.24. The first-order valence-corrected chi connectivity index (χ1v) is 8.64. The van der Waals surface area contributed by atoms with Gasteiger partial charge in [0.05, 0.1) is 12.4 Å². The molecule has 0 atom stereocenters. The van der Waals surface area contributed by atoms with E-state index in [-0.39, 0.29) is 0 Å². The summed E-state index contributed by atoms with van der Waals surface area (Å²) in [5, 5.41) is 0. The largest absolute Gasteiger partial charge is 0.355 e. The molecule has 1 aliphatic rings. The number of nitrogens with zero attached hydrogens (tertiary/aromatic N) is 2. The van der Waals surface area contributed by atoms with Crippen LogP contribution in [0.25, 0.3) is 16.8 Å². The summed E-state index contributed by atoms with van der Waals surface area (Å²) in [5.74, 6) is 0. The second-order valence-corrected chi connectivity index (χ2v) is 6.48. The molecule has 2 heteroatoms. The maximum atomic E-state index is 2.36. The van der Waals surface area contributed by atoms with Gasteiger partial charge in [-0.2, -0.15) is 0 Å². The Kier molecular flexibility index (Phi) is 4.02. The first kappa shape index (κ1) is 15.5. The van der Waals surface area contributed by atoms with Gasteiger partial charge in [-0.3, -0.25) is 0 Å². The van der Waals surface area contributed by atoms with E-state index in [2.05, 4.69) is 109 Å². The number of rotatable bonds is 3. The zero-order chi connectivity index (χ0) is 17.2. The Hall–Kier alpha value is -3.00. The summed E-state index contributed by atoms with van der Waals surface area (Å²) in [6.45, 7) is 3.09. The third kappa shape index (κ3) is 2.91. The molecule has 1 aliphatic heterocycles. The van der Waals surface area contributed by atoms with Gasteiger partial charge in [0.2, 0.25) is 0 Å². The molecule has 4 rings (SSSR count). The van der Waals surface area contributed by atoms with Crippen molar-refractivity contribution in [2.75, 3.05) is 18.6 Å². The maximum absolute atomic E-state index is 2.36. The van der Waals surface area contributed by atoms with Gasteiger partial charge in [0.25, 0.3) is 0 Å². The van der Waals surface area contributed by atoms with Gasteiger partial charge < -0.3 is 9.80 Å². The van der Waals surface area contributed by atoms with Crippen molar-refractivity contribution in [3.8, 4) is 11.1 Å². The van der Waals surface area contributed by atoms with Crippen molar-refractivity contribution in [3.05, 3.63) is 96.2 Å². The molecule has 0 saturated carbocycles. The smallest absolute Gasteiger partial charge is 0.0947 e. The molecular formula is C23H22N2. The Balaban J connectivity index is 1.67. The second kappa shape index (κ2) is 6.48. The summed E-state index contributed by atoms with van der Waals surface area (Å²) in [7, 11) is 2.16. The fraction of sp³-hybridized carbons (Fsp3) is 0.130. The highest BCUT2D eigenvalue weighted by molar-refractivity contribution is 5.76. The Morgan fingerprint density at radius 1 is 0.640 bits per heavy atom. The van der Waals surface area contributed by atoms with Crippen molar-refractivity contribution in [2.45, 2.75) is 6.92 Å². The minimum absolute atomic E-state index is 0.881. The minimum atomic E-state index is 0.881. The summed E-state index contributed by atoms with van der Waals surface area (Å²) < 4.78 is 0. The highest BCUT2D eigenvalue weighted by Crippen LogP contribution is 2.34. The van der Waals surface area contributed by atoms with E-state index in [0.29, 0.717) is 0 Å². The molecule has 25 heavy (non-hydrogen) atoms. The van der Waals surface area contributed by atoms with Crippen LogP contribution in [0.3, 0.4) is 0 Å². The highest BCUT2D eigenvalue weighted by Gasteiger charge is 2.25. The van der Waals surface area contributed by atoms with Crippen molar-refractivity contribution in [1.29, 1.82) is 0 Å². The van der Waals surface area contributed by atoms with Gasteiger partial charge >= 0.3 is 0 Å². The van der Waals surface area contributed by atoms with Crippen LogP contribution in [0.1, 0.15) is 12.5 Å². The number of para-hydroxylation sites is 1. The lowest BCUT2D eigenvalue weighted by molar-refractivity contribution is 0.516. The molecule has 1 heterocycles. The van der Waals surface area contributed by atoms with Crippen LogP contribution in [-0.4, -0.2) is 18.6 Å². The van der Waals surface area contributed by atoms with Crippen molar-refractivity contribution >= 4 is 11.4 Å². The Labute approximate surface area is 149 Å². The molecular weight excluding hydrogens is 304 g/mol. The van der Waals surface area contributed by atoms with Crippen molar-refractivity contribution < 1.29 is 0 Å². The molecule has 3 aromatic rings. The first-order valence-electron chi connectivity index (χ1n) is 8.64. The third-order valence-electron chi connectivity index (χ3n) is 4.82. The van der Waals surface area contributed by atoms with Gasteiger partial charge in [-0.25, -0.2) is 0 Å². The lowest BCUT2D eigenvalue weighted by atomic mass is 10.0. The zero-order valence-corrected chi connectivity index (χ0v) is 14.7. The predicted octanol–water partition coefficient (Wildman–Crippen LogP) is 5.45. The van der Waals surface area contributed by atoms with Gasteiger partial charge in [0.1, 0.15) is 0 Å². The van der Waals surface area contributed by atoms with Gasteiger partial charge in [0, 0.05) is 18.4 Å². The molecule has 0 spiro atoms. The molecule has 2 nitrogen and oxygen atoms in total. The van der Waals surface area contributed by atoms with Crippen molar-refractivity contribution in [2.24, 2.45) is 0 Å². The molecule has 0 fully saturated rings. The van der Waals surface area contributed by atoms with E-state index in [1.807, 2.05) is 0 Å². The minimum Gasteiger partial charge on any atom is -0.355 e.